The molecule has 0 amide bonds. The predicted molar refractivity (Wildman–Crippen MR) is 78.2 cm³/mol. The zero-order valence-electron chi connectivity index (χ0n) is 11.0. The molecule has 0 bridgehead atoms. The van der Waals surface area contributed by atoms with E-state index in [1.807, 2.05) is 24.3 Å². The minimum absolute atomic E-state index is 0.110. The molecule has 1 N–H and O–H groups in total. The van der Waals surface area contributed by atoms with Crippen molar-refractivity contribution in [2.24, 2.45) is 0 Å². The first-order valence-electron chi connectivity index (χ1n) is 6.65. The van der Waals surface area contributed by atoms with E-state index >= 15 is 0 Å². The topological polar surface area (TPSA) is 25.2 Å². The number of fused-ring (bicyclic) bond motifs is 1. The Bertz CT molecular complexity index is 624. The van der Waals surface area contributed by atoms with Crippen LogP contribution in [-0.2, 0) is 0 Å². The highest BCUT2D eigenvalue weighted by Crippen LogP contribution is 2.28. The maximum Gasteiger partial charge on any atom is 0.134 e. The van der Waals surface area contributed by atoms with Gasteiger partial charge in [0, 0.05) is 5.39 Å². The SMILES string of the molecule is CCNC(c1ccccc1)c1cc2ccccc2o1. The van der Waals surface area contributed by atoms with Gasteiger partial charge in [0.25, 0.3) is 0 Å². The van der Waals surface area contributed by atoms with Gasteiger partial charge in [0.2, 0.25) is 0 Å². The third-order valence-corrected chi connectivity index (χ3v) is 3.27. The molecule has 1 heterocycles. The number of para-hydroxylation sites is 1. The first-order chi connectivity index (χ1) is 9.38. The second kappa shape index (κ2) is 5.29. The van der Waals surface area contributed by atoms with Crippen molar-refractivity contribution in [2.75, 3.05) is 6.54 Å². The molecule has 0 aliphatic rings. The molecule has 0 spiro atoms. The van der Waals surface area contributed by atoms with Crippen LogP contribution in [0, 0.1) is 0 Å². The molecule has 0 saturated heterocycles. The van der Waals surface area contributed by atoms with Crippen LogP contribution in [0.15, 0.2) is 65.1 Å². The summed E-state index contributed by atoms with van der Waals surface area (Å²) in [6.45, 7) is 3.01. The standard InChI is InChI=1S/C17H17NO/c1-2-18-17(13-8-4-3-5-9-13)16-12-14-10-6-7-11-15(14)19-16/h3-12,17-18H,2H2,1H3. The second-order valence-corrected chi connectivity index (χ2v) is 4.59. The lowest BCUT2D eigenvalue weighted by molar-refractivity contribution is 0.477. The number of furan rings is 1. The van der Waals surface area contributed by atoms with E-state index in [1.165, 1.54) is 5.56 Å². The predicted octanol–water partition coefficient (Wildman–Crippen LogP) is 4.13. The Hall–Kier alpha value is -2.06. The Balaban J connectivity index is 2.04. The molecule has 0 fully saturated rings. The lowest BCUT2D eigenvalue weighted by Crippen LogP contribution is -2.21. The average molecular weight is 251 g/mol. The Kier molecular flexibility index (Phi) is 3.34. The van der Waals surface area contributed by atoms with Crippen molar-refractivity contribution in [3.63, 3.8) is 0 Å². The summed E-state index contributed by atoms with van der Waals surface area (Å²) in [5.74, 6) is 0.967. The Labute approximate surface area is 113 Å². The lowest BCUT2D eigenvalue weighted by Gasteiger charge is -2.15. The van der Waals surface area contributed by atoms with Gasteiger partial charge in [-0.05, 0) is 24.2 Å². The van der Waals surface area contributed by atoms with Crippen LogP contribution >= 0.6 is 0 Å². The first kappa shape index (κ1) is 12.0. The quantitative estimate of drug-likeness (QED) is 0.754. The van der Waals surface area contributed by atoms with Gasteiger partial charge >= 0.3 is 0 Å². The molecule has 0 saturated carbocycles. The Morgan fingerprint density at radius 1 is 1.00 bits per heavy atom. The summed E-state index contributed by atoms with van der Waals surface area (Å²) < 4.78 is 5.97. The van der Waals surface area contributed by atoms with Crippen LogP contribution < -0.4 is 5.32 Å². The van der Waals surface area contributed by atoms with E-state index in [4.69, 9.17) is 4.42 Å². The second-order valence-electron chi connectivity index (χ2n) is 4.59. The van der Waals surface area contributed by atoms with E-state index in [2.05, 4.69) is 48.6 Å². The molecule has 2 nitrogen and oxygen atoms in total. The van der Waals surface area contributed by atoms with E-state index in [9.17, 15) is 0 Å². The Morgan fingerprint density at radius 3 is 2.47 bits per heavy atom. The van der Waals surface area contributed by atoms with Gasteiger partial charge in [-0.3, -0.25) is 0 Å². The average Bonchev–Trinajstić information content (AvgIpc) is 2.89. The van der Waals surface area contributed by atoms with E-state index < -0.39 is 0 Å². The molecule has 0 radical (unpaired) electrons. The zero-order chi connectivity index (χ0) is 13.1. The zero-order valence-corrected chi connectivity index (χ0v) is 11.0. The van der Waals surface area contributed by atoms with Crippen molar-refractivity contribution in [3.05, 3.63) is 72.0 Å². The molecule has 1 atom stereocenters. The number of rotatable bonds is 4. The molecular weight excluding hydrogens is 234 g/mol. The molecule has 96 valence electrons. The third-order valence-electron chi connectivity index (χ3n) is 3.27. The molecule has 2 heteroatoms. The van der Waals surface area contributed by atoms with Crippen molar-refractivity contribution in [3.8, 4) is 0 Å². The fourth-order valence-electron chi connectivity index (χ4n) is 2.38. The maximum atomic E-state index is 5.97. The van der Waals surface area contributed by atoms with Crippen LogP contribution in [0.4, 0.5) is 0 Å². The fourth-order valence-corrected chi connectivity index (χ4v) is 2.38. The molecule has 1 aromatic heterocycles. The number of hydrogen-bond donors (Lipinski definition) is 1. The summed E-state index contributed by atoms with van der Waals surface area (Å²) >= 11 is 0. The van der Waals surface area contributed by atoms with E-state index in [-0.39, 0.29) is 6.04 Å². The highest BCUT2D eigenvalue weighted by molar-refractivity contribution is 5.77. The normalized spacial score (nSPS) is 12.7. The van der Waals surface area contributed by atoms with Gasteiger partial charge in [0.15, 0.2) is 0 Å². The molecule has 19 heavy (non-hydrogen) atoms. The largest absolute Gasteiger partial charge is 0.459 e. The van der Waals surface area contributed by atoms with E-state index in [0.29, 0.717) is 0 Å². The summed E-state index contributed by atoms with van der Waals surface area (Å²) in [7, 11) is 0. The smallest absolute Gasteiger partial charge is 0.134 e. The van der Waals surface area contributed by atoms with Crippen LogP contribution in [0.2, 0.25) is 0 Å². The molecule has 0 aliphatic heterocycles. The van der Waals surface area contributed by atoms with Crippen LogP contribution in [0.3, 0.4) is 0 Å². The minimum Gasteiger partial charge on any atom is -0.459 e. The highest BCUT2D eigenvalue weighted by atomic mass is 16.3. The number of benzene rings is 2. The monoisotopic (exact) mass is 251 g/mol. The van der Waals surface area contributed by atoms with Gasteiger partial charge in [-0.25, -0.2) is 0 Å². The van der Waals surface area contributed by atoms with Crippen molar-refractivity contribution in [1.29, 1.82) is 0 Å². The fraction of sp³-hybridized carbons (Fsp3) is 0.176. The molecule has 2 aromatic carbocycles. The van der Waals surface area contributed by atoms with Crippen molar-refractivity contribution in [2.45, 2.75) is 13.0 Å². The lowest BCUT2D eigenvalue weighted by atomic mass is 10.0. The molecule has 3 rings (SSSR count). The maximum absolute atomic E-state index is 5.97. The highest BCUT2D eigenvalue weighted by Gasteiger charge is 2.16. The summed E-state index contributed by atoms with van der Waals surface area (Å²) in [5.41, 5.74) is 2.17. The van der Waals surface area contributed by atoms with Crippen LogP contribution in [-0.4, -0.2) is 6.54 Å². The molecular formula is C17H17NO. The van der Waals surface area contributed by atoms with Crippen molar-refractivity contribution in [1.82, 2.24) is 5.32 Å². The van der Waals surface area contributed by atoms with Crippen LogP contribution in [0.25, 0.3) is 11.0 Å². The molecule has 3 aromatic rings. The van der Waals surface area contributed by atoms with Gasteiger partial charge in [0.05, 0.1) is 6.04 Å². The number of nitrogens with one attached hydrogen (secondary N) is 1. The minimum atomic E-state index is 0.110. The van der Waals surface area contributed by atoms with Gasteiger partial charge in [0.1, 0.15) is 11.3 Å². The third kappa shape index (κ3) is 2.40. The summed E-state index contributed by atoms with van der Waals surface area (Å²) in [6.07, 6.45) is 0. The van der Waals surface area contributed by atoms with Crippen LogP contribution in [0.5, 0.6) is 0 Å². The summed E-state index contributed by atoms with van der Waals surface area (Å²) in [4.78, 5) is 0. The van der Waals surface area contributed by atoms with Crippen LogP contribution in [0.1, 0.15) is 24.3 Å². The first-order valence-corrected chi connectivity index (χ1v) is 6.65. The molecule has 1 unspecified atom stereocenters. The van der Waals surface area contributed by atoms with Gasteiger partial charge in [-0.15, -0.1) is 0 Å². The number of hydrogen-bond acceptors (Lipinski definition) is 2. The van der Waals surface area contributed by atoms with Gasteiger partial charge < -0.3 is 9.73 Å². The van der Waals surface area contributed by atoms with E-state index in [0.717, 1.165) is 23.3 Å². The Morgan fingerprint density at radius 2 is 1.74 bits per heavy atom. The molecule has 0 aliphatic carbocycles. The van der Waals surface area contributed by atoms with E-state index in [1.54, 1.807) is 0 Å². The van der Waals surface area contributed by atoms with Crippen molar-refractivity contribution < 1.29 is 4.42 Å². The summed E-state index contributed by atoms with van der Waals surface area (Å²) in [6, 6.07) is 20.8. The van der Waals surface area contributed by atoms with Gasteiger partial charge in [-0.1, -0.05) is 55.5 Å². The van der Waals surface area contributed by atoms with Gasteiger partial charge in [-0.2, -0.15) is 0 Å². The van der Waals surface area contributed by atoms with Crippen molar-refractivity contribution >= 4 is 11.0 Å². The summed E-state index contributed by atoms with van der Waals surface area (Å²) in [5, 5.41) is 4.63.